The van der Waals surface area contributed by atoms with Gasteiger partial charge in [-0.15, -0.1) is 0 Å². The van der Waals surface area contributed by atoms with Crippen LogP contribution in [-0.2, 0) is 13.2 Å². The lowest BCUT2D eigenvalue weighted by Crippen LogP contribution is -2.36. The number of hydrogen-bond acceptors (Lipinski definition) is 6. The largest absolute Gasteiger partial charge is 0.437 e. The quantitative estimate of drug-likeness (QED) is 0.595. The van der Waals surface area contributed by atoms with Gasteiger partial charge in [0, 0.05) is 19.4 Å². The Morgan fingerprint density at radius 2 is 2.07 bits per heavy atom. The van der Waals surface area contributed by atoms with Crippen molar-refractivity contribution in [2.75, 3.05) is 10.6 Å². The van der Waals surface area contributed by atoms with Crippen LogP contribution in [0.15, 0.2) is 24.7 Å². The molecule has 0 saturated heterocycles. The van der Waals surface area contributed by atoms with Crippen LogP contribution in [0.25, 0.3) is 5.65 Å². The molecule has 1 amide bonds. The second-order valence-corrected chi connectivity index (χ2v) is 7.26. The monoisotopic (exact) mass is 423 g/mol. The van der Waals surface area contributed by atoms with E-state index in [4.69, 9.17) is 0 Å². The minimum absolute atomic E-state index is 0.0137. The maximum Gasteiger partial charge on any atom is 0.437 e. The van der Waals surface area contributed by atoms with Crippen molar-refractivity contribution in [2.45, 2.75) is 44.0 Å². The van der Waals surface area contributed by atoms with Gasteiger partial charge in [0.1, 0.15) is 11.4 Å². The Hall–Kier alpha value is -3.15. The molecule has 1 unspecified atom stereocenters. The topological polar surface area (TPSA) is 109 Å². The van der Waals surface area contributed by atoms with Crippen LogP contribution >= 0.6 is 0 Å². The Kier molecular flexibility index (Phi) is 5.10. The molecular formula is C18H20F3N7O2. The van der Waals surface area contributed by atoms with E-state index >= 15 is 0 Å². The molecule has 9 nitrogen and oxygen atoms in total. The maximum absolute atomic E-state index is 13.1. The van der Waals surface area contributed by atoms with Gasteiger partial charge in [0.2, 0.25) is 0 Å². The van der Waals surface area contributed by atoms with Crippen LogP contribution in [0.1, 0.15) is 41.7 Å². The van der Waals surface area contributed by atoms with Gasteiger partial charge in [0.25, 0.3) is 5.91 Å². The summed E-state index contributed by atoms with van der Waals surface area (Å²) < 4.78 is 41.7. The summed E-state index contributed by atoms with van der Waals surface area (Å²) in [4.78, 5) is 17.0. The molecule has 0 radical (unpaired) electrons. The first kappa shape index (κ1) is 20.1. The van der Waals surface area contributed by atoms with E-state index in [0.717, 1.165) is 30.1 Å². The van der Waals surface area contributed by atoms with E-state index < -0.39 is 29.6 Å². The Bertz CT molecular complexity index is 1080. The van der Waals surface area contributed by atoms with E-state index in [1.54, 1.807) is 12.3 Å². The molecule has 2 atom stereocenters. The molecule has 3 heterocycles. The van der Waals surface area contributed by atoms with Crippen LogP contribution in [0.2, 0.25) is 0 Å². The van der Waals surface area contributed by atoms with Crippen LogP contribution in [0.3, 0.4) is 0 Å². The fourth-order valence-electron chi connectivity index (χ4n) is 3.56. The number of carbonyl (C=O) groups is 1. The number of aromatic nitrogens is 5. The van der Waals surface area contributed by atoms with Crippen LogP contribution in [0.5, 0.6) is 0 Å². The van der Waals surface area contributed by atoms with Gasteiger partial charge in [-0.1, -0.05) is 12.8 Å². The van der Waals surface area contributed by atoms with Gasteiger partial charge in [-0.2, -0.15) is 23.4 Å². The summed E-state index contributed by atoms with van der Waals surface area (Å²) in [6.07, 6.45) is 2.16. The fraction of sp³-hybridized carbons (Fsp3) is 0.444. The molecule has 0 spiro atoms. The highest BCUT2D eigenvalue weighted by molar-refractivity contribution is 6.08. The minimum atomic E-state index is -4.71. The van der Waals surface area contributed by atoms with Crippen molar-refractivity contribution < 1.29 is 23.1 Å². The van der Waals surface area contributed by atoms with Crippen molar-refractivity contribution in [1.82, 2.24) is 24.4 Å². The Balaban J connectivity index is 1.59. The van der Waals surface area contributed by atoms with E-state index in [1.165, 1.54) is 17.8 Å². The number of amides is 1. The van der Waals surface area contributed by atoms with Crippen LogP contribution in [-0.4, -0.2) is 47.5 Å². The van der Waals surface area contributed by atoms with Gasteiger partial charge in [0.15, 0.2) is 11.3 Å². The van der Waals surface area contributed by atoms with Gasteiger partial charge >= 0.3 is 6.18 Å². The smallest absolute Gasteiger partial charge is 0.391 e. The molecule has 1 aliphatic rings. The fourth-order valence-corrected chi connectivity index (χ4v) is 3.56. The second kappa shape index (κ2) is 7.59. The summed E-state index contributed by atoms with van der Waals surface area (Å²) >= 11 is 0. The molecule has 30 heavy (non-hydrogen) atoms. The van der Waals surface area contributed by atoms with Crippen LogP contribution in [0, 0.1) is 0 Å². The van der Waals surface area contributed by atoms with Crippen molar-refractivity contribution >= 4 is 23.1 Å². The van der Waals surface area contributed by atoms with Crippen molar-refractivity contribution in [2.24, 2.45) is 7.05 Å². The van der Waals surface area contributed by atoms with Crippen LogP contribution < -0.4 is 10.6 Å². The van der Waals surface area contributed by atoms with E-state index in [-0.39, 0.29) is 17.3 Å². The van der Waals surface area contributed by atoms with Gasteiger partial charge < -0.3 is 15.7 Å². The summed E-state index contributed by atoms with van der Waals surface area (Å²) in [5.41, 5.74) is -1.44. The lowest BCUT2D eigenvalue weighted by molar-refractivity contribution is -0.140. The highest BCUT2D eigenvalue weighted by Crippen LogP contribution is 2.33. The Labute approximate surface area is 168 Å². The summed E-state index contributed by atoms with van der Waals surface area (Å²) in [5, 5.41) is 22.9. The zero-order valence-electron chi connectivity index (χ0n) is 16.0. The summed E-state index contributed by atoms with van der Waals surface area (Å²) in [7, 11) is 1.33. The number of fused-ring (bicyclic) bond motifs is 1. The summed E-state index contributed by atoms with van der Waals surface area (Å²) in [5.74, 6) is -0.341. The first-order valence-electron chi connectivity index (χ1n) is 9.43. The van der Waals surface area contributed by atoms with Crippen molar-refractivity contribution in [3.63, 3.8) is 0 Å². The Morgan fingerprint density at radius 1 is 1.30 bits per heavy atom. The first-order valence-corrected chi connectivity index (χ1v) is 9.43. The van der Waals surface area contributed by atoms with Gasteiger partial charge in [-0.05, 0) is 18.9 Å². The maximum atomic E-state index is 13.1. The SMILES string of the molecule is Cn1cc(NC(=O)c2cnn3ccc(N[C@@H]4CCCCC4O)nc23)c(C(F)(F)F)n1. The number of aliphatic hydroxyl groups excluding tert-OH is 1. The number of aliphatic hydroxyl groups is 1. The zero-order chi connectivity index (χ0) is 21.5. The van der Waals surface area contributed by atoms with Crippen molar-refractivity contribution in [3.05, 3.63) is 35.9 Å². The third-order valence-electron chi connectivity index (χ3n) is 5.02. The molecule has 0 bridgehead atoms. The molecule has 3 N–H and O–H groups in total. The van der Waals surface area contributed by atoms with Gasteiger partial charge in [0.05, 0.1) is 24.0 Å². The molecule has 1 saturated carbocycles. The number of carbonyl (C=O) groups excluding carboxylic acids is 1. The van der Waals surface area contributed by atoms with Gasteiger partial charge in [-0.3, -0.25) is 9.48 Å². The molecule has 160 valence electrons. The average Bonchev–Trinajstić information content (AvgIpc) is 3.26. The highest BCUT2D eigenvalue weighted by Gasteiger charge is 2.38. The molecule has 0 aromatic carbocycles. The van der Waals surface area contributed by atoms with Crippen LogP contribution in [0.4, 0.5) is 24.7 Å². The predicted molar refractivity (Wildman–Crippen MR) is 101 cm³/mol. The molecule has 12 heteroatoms. The van der Waals surface area contributed by atoms with E-state index in [0.29, 0.717) is 12.2 Å². The normalized spacial score (nSPS) is 19.8. The zero-order valence-corrected chi connectivity index (χ0v) is 16.0. The average molecular weight is 423 g/mol. The summed E-state index contributed by atoms with van der Waals surface area (Å²) in [6.45, 7) is 0. The van der Waals surface area contributed by atoms with E-state index in [9.17, 15) is 23.1 Å². The Morgan fingerprint density at radius 3 is 2.80 bits per heavy atom. The van der Waals surface area contributed by atoms with Gasteiger partial charge in [-0.25, -0.2) is 9.50 Å². The number of aryl methyl sites for hydroxylation is 1. The second-order valence-electron chi connectivity index (χ2n) is 7.26. The number of halogens is 3. The first-order chi connectivity index (χ1) is 14.2. The number of nitrogens with zero attached hydrogens (tertiary/aromatic N) is 5. The number of nitrogens with one attached hydrogen (secondary N) is 2. The highest BCUT2D eigenvalue weighted by atomic mass is 19.4. The summed E-state index contributed by atoms with van der Waals surface area (Å²) in [6, 6.07) is 1.50. The third kappa shape index (κ3) is 3.95. The molecular weight excluding hydrogens is 403 g/mol. The molecule has 0 aliphatic heterocycles. The number of hydrogen-bond donors (Lipinski definition) is 3. The molecule has 1 aliphatic carbocycles. The number of rotatable bonds is 4. The predicted octanol–water partition coefficient (Wildman–Crippen LogP) is 2.45. The van der Waals surface area contributed by atoms with Crippen molar-refractivity contribution in [3.8, 4) is 0 Å². The van der Waals surface area contributed by atoms with E-state index in [2.05, 4.69) is 25.8 Å². The lowest BCUT2D eigenvalue weighted by Gasteiger charge is -2.28. The lowest BCUT2D eigenvalue weighted by atomic mass is 9.93. The third-order valence-corrected chi connectivity index (χ3v) is 5.02. The van der Waals surface area contributed by atoms with E-state index in [1.807, 2.05) is 0 Å². The number of anilines is 2. The van der Waals surface area contributed by atoms with Crippen molar-refractivity contribution in [1.29, 1.82) is 0 Å². The molecule has 3 aromatic rings. The molecule has 1 fully saturated rings. The molecule has 3 aromatic heterocycles. The standard InChI is InChI=1S/C18H20F3N7O2/c1-27-9-12(15(26-27)18(19,20)21)24-17(30)10-8-22-28-7-6-14(25-16(10)28)23-11-4-2-3-5-13(11)29/h6-9,11,13,29H,2-5H2,1H3,(H,23,25)(H,24,30)/t11-,13?/m1/s1. The minimum Gasteiger partial charge on any atom is -0.391 e. The molecule has 4 rings (SSSR count). The number of alkyl halides is 3.